The summed E-state index contributed by atoms with van der Waals surface area (Å²) in [5.74, 6) is -0.578. The fourth-order valence-corrected chi connectivity index (χ4v) is 2.97. The standard InChI is InChI=1S/C15H17NO3/c17-14-12-8-4-5-9-13(12)15(18)16(14)19-10-11-6-2-1-3-7-11/h1-3,6-7,12-13H,4-5,8-10H2/t12-,13+. The van der Waals surface area contributed by atoms with Crippen molar-refractivity contribution in [3.8, 4) is 0 Å². The van der Waals surface area contributed by atoms with Gasteiger partial charge in [-0.1, -0.05) is 43.2 Å². The molecule has 0 spiro atoms. The molecule has 2 aliphatic rings. The fraction of sp³-hybridized carbons (Fsp3) is 0.467. The Hall–Kier alpha value is -1.68. The average molecular weight is 259 g/mol. The number of nitrogens with zero attached hydrogens (tertiary/aromatic N) is 1. The minimum atomic E-state index is -0.148. The van der Waals surface area contributed by atoms with Gasteiger partial charge in [0.15, 0.2) is 0 Å². The van der Waals surface area contributed by atoms with Crippen molar-refractivity contribution in [1.82, 2.24) is 5.06 Å². The van der Waals surface area contributed by atoms with E-state index < -0.39 is 0 Å². The third-order valence-electron chi connectivity index (χ3n) is 4.00. The molecular weight excluding hydrogens is 242 g/mol. The van der Waals surface area contributed by atoms with Gasteiger partial charge in [-0.15, -0.1) is 0 Å². The second kappa shape index (κ2) is 5.13. The van der Waals surface area contributed by atoms with Crippen LogP contribution in [0.4, 0.5) is 0 Å². The molecule has 2 amide bonds. The molecule has 0 unspecified atom stereocenters. The third kappa shape index (κ3) is 2.28. The highest BCUT2D eigenvalue weighted by Crippen LogP contribution is 2.38. The van der Waals surface area contributed by atoms with Gasteiger partial charge >= 0.3 is 0 Å². The van der Waals surface area contributed by atoms with Crippen LogP contribution in [-0.2, 0) is 21.0 Å². The largest absolute Gasteiger partial charge is 0.272 e. The Morgan fingerprint density at radius 1 is 1.00 bits per heavy atom. The molecule has 0 radical (unpaired) electrons. The fourth-order valence-electron chi connectivity index (χ4n) is 2.97. The number of imide groups is 1. The monoisotopic (exact) mass is 259 g/mol. The van der Waals surface area contributed by atoms with Gasteiger partial charge in [-0.05, 0) is 18.4 Å². The third-order valence-corrected chi connectivity index (χ3v) is 4.00. The summed E-state index contributed by atoms with van der Waals surface area (Å²) in [6.07, 6.45) is 3.71. The number of rotatable bonds is 3. The number of carbonyl (C=O) groups is 2. The van der Waals surface area contributed by atoms with Crippen LogP contribution in [0.5, 0.6) is 0 Å². The van der Waals surface area contributed by atoms with Gasteiger partial charge in [0.2, 0.25) is 0 Å². The molecular formula is C15H17NO3. The van der Waals surface area contributed by atoms with E-state index in [1.165, 1.54) is 0 Å². The number of amides is 2. The molecule has 2 atom stereocenters. The first-order chi connectivity index (χ1) is 9.27. The zero-order chi connectivity index (χ0) is 13.2. The summed E-state index contributed by atoms with van der Waals surface area (Å²) in [5.41, 5.74) is 0.956. The van der Waals surface area contributed by atoms with Crippen LogP contribution in [0.25, 0.3) is 0 Å². The molecule has 19 heavy (non-hydrogen) atoms. The van der Waals surface area contributed by atoms with Crippen LogP contribution in [-0.4, -0.2) is 16.9 Å². The maximum absolute atomic E-state index is 12.2. The van der Waals surface area contributed by atoms with E-state index in [9.17, 15) is 9.59 Å². The molecule has 0 aromatic heterocycles. The lowest BCUT2D eigenvalue weighted by atomic mass is 9.81. The van der Waals surface area contributed by atoms with Gasteiger partial charge in [0.1, 0.15) is 6.61 Å². The molecule has 1 aromatic rings. The first kappa shape index (κ1) is 12.4. The summed E-state index contributed by atoms with van der Waals surface area (Å²) in [6, 6.07) is 9.57. The summed E-state index contributed by atoms with van der Waals surface area (Å²) < 4.78 is 0. The summed E-state index contributed by atoms with van der Waals surface area (Å²) in [6.45, 7) is 0.262. The summed E-state index contributed by atoms with van der Waals surface area (Å²) in [4.78, 5) is 29.7. The van der Waals surface area contributed by atoms with Crippen molar-refractivity contribution in [3.63, 3.8) is 0 Å². The quantitative estimate of drug-likeness (QED) is 0.782. The van der Waals surface area contributed by atoms with E-state index in [4.69, 9.17) is 4.84 Å². The second-order valence-electron chi connectivity index (χ2n) is 5.23. The van der Waals surface area contributed by atoms with Crippen molar-refractivity contribution < 1.29 is 14.4 Å². The van der Waals surface area contributed by atoms with E-state index in [0.717, 1.165) is 36.3 Å². The average Bonchev–Trinajstić information content (AvgIpc) is 2.71. The molecule has 3 rings (SSSR count). The smallest absolute Gasteiger partial charge is 0.257 e. The molecule has 4 heteroatoms. The Kier molecular flexibility index (Phi) is 3.34. The van der Waals surface area contributed by atoms with Crippen LogP contribution in [0.3, 0.4) is 0 Å². The molecule has 1 saturated carbocycles. The lowest BCUT2D eigenvalue weighted by molar-refractivity contribution is -0.193. The number of carbonyl (C=O) groups excluding carboxylic acids is 2. The number of hydrogen-bond donors (Lipinski definition) is 0. The molecule has 2 fully saturated rings. The van der Waals surface area contributed by atoms with Crippen molar-refractivity contribution >= 4 is 11.8 Å². The molecule has 0 N–H and O–H groups in total. The Morgan fingerprint density at radius 3 is 2.16 bits per heavy atom. The summed E-state index contributed by atoms with van der Waals surface area (Å²) in [5, 5.41) is 1.01. The van der Waals surface area contributed by atoms with Crippen molar-refractivity contribution in [2.24, 2.45) is 11.8 Å². The van der Waals surface area contributed by atoms with E-state index >= 15 is 0 Å². The van der Waals surface area contributed by atoms with Gasteiger partial charge in [0.25, 0.3) is 11.8 Å². The molecule has 1 heterocycles. The van der Waals surface area contributed by atoms with Crippen molar-refractivity contribution in [2.45, 2.75) is 32.3 Å². The maximum Gasteiger partial charge on any atom is 0.257 e. The van der Waals surface area contributed by atoms with Gasteiger partial charge in [-0.25, -0.2) is 0 Å². The van der Waals surface area contributed by atoms with Crippen molar-refractivity contribution in [3.05, 3.63) is 35.9 Å². The summed E-state index contributed by atoms with van der Waals surface area (Å²) in [7, 11) is 0. The van der Waals surface area contributed by atoms with E-state index in [1.807, 2.05) is 30.3 Å². The molecule has 100 valence electrons. The highest BCUT2D eigenvalue weighted by molar-refractivity contribution is 6.04. The SMILES string of the molecule is O=C1[C@H]2CCCC[C@H]2C(=O)N1OCc1ccccc1. The topological polar surface area (TPSA) is 46.6 Å². The highest BCUT2D eigenvalue weighted by Gasteiger charge is 2.49. The Balaban J connectivity index is 1.68. The lowest BCUT2D eigenvalue weighted by Gasteiger charge is -2.19. The zero-order valence-electron chi connectivity index (χ0n) is 10.7. The van der Waals surface area contributed by atoms with Crippen molar-refractivity contribution in [1.29, 1.82) is 0 Å². The normalized spacial score (nSPS) is 26.6. The van der Waals surface area contributed by atoms with Gasteiger partial charge in [0, 0.05) is 0 Å². The van der Waals surface area contributed by atoms with Crippen LogP contribution in [0, 0.1) is 11.8 Å². The van der Waals surface area contributed by atoms with Crippen LogP contribution in [0.1, 0.15) is 31.2 Å². The predicted octanol–water partition coefficient (Wildman–Crippen LogP) is 2.29. The minimum absolute atomic E-state index is 0.142. The van der Waals surface area contributed by atoms with Crippen molar-refractivity contribution in [2.75, 3.05) is 0 Å². The summed E-state index contributed by atoms with van der Waals surface area (Å²) >= 11 is 0. The van der Waals surface area contributed by atoms with Gasteiger partial charge in [-0.2, -0.15) is 5.06 Å². The number of fused-ring (bicyclic) bond motifs is 1. The van der Waals surface area contributed by atoms with E-state index in [2.05, 4.69) is 0 Å². The molecule has 1 saturated heterocycles. The van der Waals surface area contributed by atoms with E-state index in [0.29, 0.717) is 0 Å². The van der Waals surface area contributed by atoms with Crippen LogP contribution in [0.15, 0.2) is 30.3 Å². The minimum Gasteiger partial charge on any atom is -0.272 e. The molecule has 1 aromatic carbocycles. The van der Waals surface area contributed by atoms with Gasteiger partial charge in [-0.3, -0.25) is 14.4 Å². The number of hydrogen-bond acceptors (Lipinski definition) is 3. The Labute approximate surface area is 112 Å². The highest BCUT2D eigenvalue weighted by atomic mass is 16.7. The maximum atomic E-state index is 12.2. The van der Waals surface area contributed by atoms with Crippen LogP contribution >= 0.6 is 0 Å². The number of hydroxylamine groups is 2. The molecule has 4 nitrogen and oxygen atoms in total. The van der Waals surface area contributed by atoms with Gasteiger partial charge in [0.05, 0.1) is 11.8 Å². The molecule has 0 bridgehead atoms. The second-order valence-corrected chi connectivity index (χ2v) is 5.23. The first-order valence-electron chi connectivity index (χ1n) is 6.82. The van der Waals surface area contributed by atoms with Crippen LogP contribution in [0.2, 0.25) is 0 Å². The van der Waals surface area contributed by atoms with Crippen LogP contribution < -0.4 is 0 Å². The van der Waals surface area contributed by atoms with Gasteiger partial charge < -0.3 is 0 Å². The molecule has 1 aliphatic heterocycles. The van der Waals surface area contributed by atoms with E-state index in [-0.39, 0.29) is 30.3 Å². The lowest BCUT2D eigenvalue weighted by Crippen LogP contribution is -2.31. The first-order valence-corrected chi connectivity index (χ1v) is 6.82. The Morgan fingerprint density at radius 2 is 1.58 bits per heavy atom. The zero-order valence-corrected chi connectivity index (χ0v) is 10.7. The molecule has 1 aliphatic carbocycles. The van der Waals surface area contributed by atoms with E-state index in [1.54, 1.807) is 0 Å². The number of benzene rings is 1. The Bertz CT molecular complexity index is 461. The predicted molar refractivity (Wildman–Crippen MR) is 68.5 cm³/mol.